The Hall–Kier alpha value is -2.17. The van der Waals surface area contributed by atoms with Crippen LogP contribution in [0.15, 0.2) is 48.5 Å². The molecule has 1 heterocycles. The number of nitrogens with zero attached hydrogens (tertiary/aromatic N) is 1. The first kappa shape index (κ1) is 18.6. The zero-order valence-corrected chi connectivity index (χ0v) is 15.7. The van der Waals surface area contributed by atoms with Crippen LogP contribution in [0, 0.1) is 0 Å². The Labute approximate surface area is 156 Å². The molecule has 1 aliphatic rings. The number of hydrogen-bond acceptors (Lipinski definition) is 3. The summed E-state index contributed by atoms with van der Waals surface area (Å²) in [6.45, 7) is 8.56. The highest BCUT2D eigenvalue weighted by molar-refractivity contribution is 6.00. The molecule has 0 spiro atoms. The molecule has 0 radical (unpaired) electrons. The Kier molecular flexibility index (Phi) is 6.42. The van der Waals surface area contributed by atoms with Crippen LogP contribution in [0.4, 0.5) is 0 Å². The van der Waals surface area contributed by atoms with Crippen molar-refractivity contribution in [2.24, 2.45) is 0 Å². The number of carbonyl (C=O) groups excluding carboxylic acids is 1. The molecule has 1 saturated heterocycles. The Morgan fingerprint density at radius 1 is 1.12 bits per heavy atom. The van der Waals surface area contributed by atoms with E-state index < -0.39 is 0 Å². The third-order valence-electron chi connectivity index (χ3n) is 5.00. The van der Waals surface area contributed by atoms with Crippen LogP contribution in [0.2, 0.25) is 0 Å². The van der Waals surface area contributed by atoms with Gasteiger partial charge >= 0.3 is 0 Å². The van der Waals surface area contributed by atoms with Crippen molar-refractivity contribution >= 4 is 5.91 Å². The number of carbonyl (C=O) groups is 1. The summed E-state index contributed by atoms with van der Waals surface area (Å²) < 4.78 is 5.45. The zero-order chi connectivity index (χ0) is 18.4. The minimum Gasteiger partial charge on any atom is -0.379 e. The van der Waals surface area contributed by atoms with Gasteiger partial charge in [-0.15, -0.1) is 0 Å². The number of hydrogen-bond donors (Lipinski definition) is 1. The third-order valence-corrected chi connectivity index (χ3v) is 5.00. The molecule has 4 heteroatoms. The van der Waals surface area contributed by atoms with Crippen molar-refractivity contribution in [1.29, 1.82) is 0 Å². The van der Waals surface area contributed by atoms with Crippen LogP contribution in [-0.2, 0) is 4.74 Å². The minimum atomic E-state index is -0.00629. The summed E-state index contributed by atoms with van der Waals surface area (Å²) >= 11 is 0. The molecule has 1 fully saturated rings. The molecule has 1 aliphatic heterocycles. The normalized spacial score (nSPS) is 16.2. The topological polar surface area (TPSA) is 41.6 Å². The zero-order valence-electron chi connectivity index (χ0n) is 15.7. The van der Waals surface area contributed by atoms with Gasteiger partial charge in [0.2, 0.25) is 0 Å². The first-order valence-electron chi connectivity index (χ1n) is 9.50. The molecule has 1 amide bonds. The number of rotatable bonds is 6. The van der Waals surface area contributed by atoms with E-state index in [0.29, 0.717) is 12.6 Å². The highest BCUT2D eigenvalue weighted by atomic mass is 16.5. The molecule has 2 aromatic rings. The van der Waals surface area contributed by atoms with Gasteiger partial charge < -0.3 is 10.1 Å². The van der Waals surface area contributed by atoms with Crippen LogP contribution in [0.25, 0.3) is 11.1 Å². The predicted molar refractivity (Wildman–Crippen MR) is 105 cm³/mol. The van der Waals surface area contributed by atoms with Gasteiger partial charge in [0.15, 0.2) is 0 Å². The van der Waals surface area contributed by atoms with Gasteiger partial charge in [-0.25, -0.2) is 0 Å². The highest BCUT2D eigenvalue weighted by Crippen LogP contribution is 2.27. The number of amides is 1. The van der Waals surface area contributed by atoms with E-state index in [9.17, 15) is 4.79 Å². The van der Waals surface area contributed by atoms with E-state index >= 15 is 0 Å². The van der Waals surface area contributed by atoms with E-state index in [1.54, 1.807) is 0 Å². The number of morpholine rings is 1. The number of nitrogens with one attached hydrogen (secondary N) is 1. The standard InChI is InChI=1S/C22H28N2O2/c1-3-12-23-22(25)21-7-5-4-6-20(21)19-10-8-18(9-11-19)17(2)24-13-15-26-16-14-24/h4-11,17H,3,12-16H2,1-2H3,(H,23,25)/t17-/m1/s1. The van der Waals surface area contributed by atoms with Crippen molar-refractivity contribution in [2.45, 2.75) is 26.3 Å². The van der Waals surface area contributed by atoms with Gasteiger partial charge in [0.25, 0.3) is 5.91 Å². The average molecular weight is 352 g/mol. The lowest BCUT2D eigenvalue weighted by atomic mass is 9.96. The van der Waals surface area contributed by atoms with Crippen molar-refractivity contribution in [2.75, 3.05) is 32.8 Å². The number of ether oxygens (including phenoxy) is 1. The summed E-state index contributed by atoms with van der Waals surface area (Å²) in [6, 6.07) is 16.8. The molecule has 0 saturated carbocycles. The SMILES string of the molecule is CCCNC(=O)c1ccccc1-c1ccc([C@@H](C)N2CCOCC2)cc1. The Bertz CT molecular complexity index is 721. The van der Waals surface area contributed by atoms with Crippen molar-refractivity contribution < 1.29 is 9.53 Å². The lowest BCUT2D eigenvalue weighted by Crippen LogP contribution is -2.37. The first-order chi connectivity index (χ1) is 12.7. The quantitative estimate of drug-likeness (QED) is 0.858. The van der Waals surface area contributed by atoms with Gasteiger partial charge in [0.1, 0.15) is 0 Å². The van der Waals surface area contributed by atoms with Crippen LogP contribution in [0.3, 0.4) is 0 Å². The van der Waals surface area contributed by atoms with Crippen LogP contribution < -0.4 is 5.32 Å². The molecule has 0 aliphatic carbocycles. The van der Waals surface area contributed by atoms with Crippen LogP contribution >= 0.6 is 0 Å². The second-order valence-electron chi connectivity index (χ2n) is 6.75. The minimum absolute atomic E-state index is 0.00629. The highest BCUT2D eigenvalue weighted by Gasteiger charge is 2.19. The van der Waals surface area contributed by atoms with E-state index in [1.807, 2.05) is 24.3 Å². The van der Waals surface area contributed by atoms with Gasteiger partial charge in [0.05, 0.1) is 13.2 Å². The van der Waals surface area contributed by atoms with Gasteiger partial charge in [-0.05, 0) is 36.1 Å². The van der Waals surface area contributed by atoms with Gasteiger partial charge in [0, 0.05) is 31.2 Å². The van der Waals surface area contributed by atoms with E-state index in [0.717, 1.165) is 49.4 Å². The monoisotopic (exact) mass is 352 g/mol. The van der Waals surface area contributed by atoms with E-state index in [4.69, 9.17) is 4.74 Å². The predicted octanol–water partition coefficient (Wildman–Crippen LogP) is 3.89. The summed E-state index contributed by atoms with van der Waals surface area (Å²) in [5.74, 6) is -0.00629. The lowest BCUT2D eigenvalue weighted by Gasteiger charge is -2.32. The van der Waals surface area contributed by atoms with Crippen LogP contribution in [0.5, 0.6) is 0 Å². The molecule has 0 unspecified atom stereocenters. The molecule has 26 heavy (non-hydrogen) atoms. The summed E-state index contributed by atoms with van der Waals surface area (Å²) in [5.41, 5.74) is 4.08. The van der Waals surface area contributed by atoms with Crippen molar-refractivity contribution in [1.82, 2.24) is 10.2 Å². The van der Waals surface area contributed by atoms with Crippen molar-refractivity contribution in [3.8, 4) is 11.1 Å². The molecule has 1 N–H and O–H groups in total. The fourth-order valence-corrected chi connectivity index (χ4v) is 3.38. The average Bonchev–Trinajstić information content (AvgIpc) is 2.72. The van der Waals surface area contributed by atoms with Crippen molar-refractivity contribution in [3.63, 3.8) is 0 Å². The molecule has 138 valence electrons. The van der Waals surface area contributed by atoms with E-state index in [1.165, 1.54) is 5.56 Å². The maximum Gasteiger partial charge on any atom is 0.251 e. The largest absolute Gasteiger partial charge is 0.379 e. The summed E-state index contributed by atoms with van der Waals surface area (Å²) in [5, 5.41) is 2.97. The smallest absolute Gasteiger partial charge is 0.251 e. The molecule has 1 atom stereocenters. The van der Waals surface area contributed by atoms with Crippen molar-refractivity contribution in [3.05, 3.63) is 59.7 Å². The summed E-state index contributed by atoms with van der Waals surface area (Å²) in [4.78, 5) is 14.9. The fraction of sp³-hybridized carbons (Fsp3) is 0.409. The van der Waals surface area contributed by atoms with Gasteiger partial charge in [-0.3, -0.25) is 9.69 Å². The molecule has 0 bridgehead atoms. The van der Waals surface area contributed by atoms with E-state index in [2.05, 4.69) is 48.3 Å². The van der Waals surface area contributed by atoms with Crippen LogP contribution in [0.1, 0.15) is 42.2 Å². The molecular formula is C22H28N2O2. The Morgan fingerprint density at radius 2 is 1.81 bits per heavy atom. The Morgan fingerprint density at radius 3 is 2.50 bits per heavy atom. The summed E-state index contributed by atoms with van der Waals surface area (Å²) in [7, 11) is 0. The maximum atomic E-state index is 12.4. The van der Waals surface area contributed by atoms with E-state index in [-0.39, 0.29) is 5.91 Å². The van der Waals surface area contributed by atoms with Crippen LogP contribution in [-0.4, -0.2) is 43.7 Å². The fourth-order valence-electron chi connectivity index (χ4n) is 3.38. The second-order valence-corrected chi connectivity index (χ2v) is 6.75. The molecule has 2 aromatic carbocycles. The second kappa shape index (κ2) is 8.97. The first-order valence-corrected chi connectivity index (χ1v) is 9.50. The molecule has 4 nitrogen and oxygen atoms in total. The summed E-state index contributed by atoms with van der Waals surface area (Å²) in [6.07, 6.45) is 0.933. The third kappa shape index (κ3) is 4.32. The Balaban J connectivity index is 1.79. The molecular weight excluding hydrogens is 324 g/mol. The maximum absolute atomic E-state index is 12.4. The number of benzene rings is 2. The lowest BCUT2D eigenvalue weighted by molar-refractivity contribution is 0.0198. The van der Waals surface area contributed by atoms with Gasteiger partial charge in [-0.1, -0.05) is 49.4 Å². The van der Waals surface area contributed by atoms with Gasteiger partial charge in [-0.2, -0.15) is 0 Å². The molecule has 0 aromatic heterocycles. The molecule has 3 rings (SSSR count).